The van der Waals surface area contributed by atoms with Crippen LogP contribution in [-0.4, -0.2) is 4.21 Å². The van der Waals surface area contributed by atoms with E-state index < -0.39 is 10.8 Å². The van der Waals surface area contributed by atoms with Crippen LogP contribution >= 0.6 is 0 Å². The standard InChI is InChI=1S/C12H16OS/c1-3-4-5-10-14(13)12-8-6-11(2)7-9-12/h5-10H,3-4H2,1-2H3/b10-5-. The van der Waals surface area contributed by atoms with E-state index in [2.05, 4.69) is 6.92 Å². The molecule has 0 spiro atoms. The molecule has 0 aromatic heterocycles. The fraction of sp³-hybridized carbons (Fsp3) is 0.333. The van der Waals surface area contributed by atoms with Gasteiger partial charge in [-0.1, -0.05) is 37.1 Å². The highest BCUT2D eigenvalue weighted by molar-refractivity contribution is 7.88. The Morgan fingerprint density at radius 1 is 1.29 bits per heavy atom. The van der Waals surface area contributed by atoms with Gasteiger partial charge in [0.25, 0.3) is 0 Å². The summed E-state index contributed by atoms with van der Waals surface area (Å²) in [6.45, 7) is 4.14. The summed E-state index contributed by atoms with van der Waals surface area (Å²) in [4.78, 5) is 0.878. The van der Waals surface area contributed by atoms with E-state index in [9.17, 15) is 4.21 Å². The zero-order valence-corrected chi connectivity index (χ0v) is 9.51. The van der Waals surface area contributed by atoms with E-state index in [-0.39, 0.29) is 0 Å². The normalized spacial score (nSPS) is 13.3. The molecule has 0 fully saturated rings. The number of allylic oxidation sites excluding steroid dienone is 1. The Morgan fingerprint density at radius 2 is 1.93 bits per heavy atom. The van der Waals surface area contributed by atoms with E-state index in [1.165, 1.54) is 5.56 Å². The van der Waals surface area contributed by atoms with Gasteiger partial charge in [0.2, 0.25) is 0 Å². The molecule has 0 N–H and O–H groups in total. The first-order chi connectivity index (χ1) is 6.74. The topological polar surface area (TPSA) is 17.1 Å². The zero-order chi connectivity index (χ0) is 10.4. The molecule has 1 rings (SSSR count). The fourth-order valence-electron chi connectivity index (χ4n) is 1.07. The lowest BCUT2D eigenvalue weighted by Crippen LogP contribution is -1.86. The molecular weight excluding hydrogens is 192 g/mol. The van der Waals surface area contributed by atoms with E-state index in [0.29, 0.717) is 0 Å². The first kappa shape index (κ1) is 11.2. The average Bonchev–Trinajstić information content (AvgIpc) is 2.19. The minimum Gasteiger partial charge on any atom is -0.250 e. The highest BCUT2D eigenvalue weighted by atomic mass is 32.2. The molecule has 1 unspecified atom stereocenters. The van der Waals surface area contributed by atoms with Crippen molar-refractivity contribution in [2.24, 2.45) is 0 Å². The average molecular weight is 208 g/mol. The van der Waals surface area contributed by atoms with Gasteiger partial charge in [-0.3, -0.25) is 0 Å². The second kappa shape index (κ2) is 5.76. The van der Waals surface area contributed by atoms with E-state index in [1.54, 1.807) is 5.41 Å². The molecule has 2 heteroatoms. The van der Waals surface area contributed by atoms with Crippen molar-refractivity contribution in [3.63, 3.8) is 0 Å². The summed E-state index contributed by atoms with van der Waals surface area (Å²) < 4.78 is 11.7. The van der Waals surface area contributed by atoms with Crippen LogP contribution in [-0.2, 0) is 10.8 Å². The number of rotatable bonds is 4. The summed E-state index contributed by atoms with van der Waals surface area (Å²) >= 11 is 0. The number of hydrogen-bond acceptors (Lipinski definition) is 1. The Labute approximate surface area is 88.3 Å². The predicted octanol–water partition coefficient (Wildman–Crippen LogP) is 3.42. The number of hydrogen-bond donors (Lipinski definition) is 0. The van der Waals surface area contributed by atoms with Gasteiger partial charge in [-0.2, -0.15) is 0 Å². The first-order valence-corrected chi connectivity index (χ1v) is 6.09. The summed E-state index contributed by atoms with van der Waals surface area (Å²) in [6, 6.07) is 7.81. The SMILES string of the molecule is CCC/C=C\S(=O)c1ccc(C)cc1. The van der Waals surface area contributed by atoms with Crippen molar-refractivity contribution in [1.82, 2.24) is 0 Å². The molecule has 0 aliphatic rings. The summed E-state index contributed by atoms with van der Waals surface area (Å²) in [5, 5.41) is 1.77. The van der Waals surface area contributed by atoms with Crippen molar-refractivity contribution in [3.05, 3.63) is 41.3 Å². The van der Waals surface area contributed by atoms with E-state index in [0.717, 1.165) is 17.7 Å². The van der Waals surface area contributed by atoms with Crippen LogP contribution in [0.3, 0.4) is 0 Å². The van der Waals surface area contributed by atoms with Crippen LogP contribution in [0.1, 0.15) is 25.3 Å². The third kappa shape index (κ3) is 3.46. The minimum absolute atomic E-state index is 0.878. The maximum atomic E-state index is 11.7. The first-order valence-electron chi connectivity index (χ1n) is 4.88. The maximum absolute atomic E-state index is 11.7. The third-order valence-electron chi connectivity index (χ3n) is 1.93. The zero-order valence-electron chi connectivity index (χ0n) is 8.69. The van der Waals surface area contributed by atoms with Crippen LogP contribution in [0.15, 0.2) is 40.6 Å². The molecule has 0 saturated heterocycles. The molecule has 0 bridgehead atoms. The van der Waals surface area contributed by atoms with Gasteiger partial charge in [-0.25, -0.2) is 4.21 Å². The summed E-state index contributed by atoms with van der Waals surface area (Å²) in [5.41, 5.74) is 1.20. The number of aryl methyl sites for hydroxylation is 1. The van der Waals surface area contributed by atoms with Gasteiger partial charge >= 0.3 is 0 Å². The highest BCUT2D eigenvalue weighted by Gasteiger charge is 1.97. The molecule has 0 saturated carbocycles. The van der Waals surface area contributed by atoms with Crippen molar-refractivity contribution < 1.29 is 4.21 Å². The van der Waals surface area contributed by atoms with Gasteiger partial charge in [-0.15, -0.1) is 0 Å². The van der Waals surface area contributed by atoms with Crippen LogP contribution < -0.4 is 0 Å². The van der Waals surface area contributed by atoms with Gasteiger partial charge in [-0.05, 0) is 25.5 Å². The van der Waals surface area contributed by atoms with Crippen molar-refractivity contribution in [2.45, 2.75) is 31.6 Å². The Hall–Kier alpha value is -0.890. The third-order valence-corrected chi connectivity index (χ3v) is 3.10. The van der Waals surface area contributed by atoms with Gasteiger partial charge < -0.3 is 0 Å². The maximum Gasteiger partial charge on any atom is 0.0772 e. The van der Waals surface area contributed by atoms with Crippen molar-refractivity contribution in [3.8, 4) is 0 Å². The second-order valence-electron chi connectivity index (χ2n) is 3.27. The van der Waals surface area contributed by atoms with Crippen molar-refractivity contribution in [1.29, 1.82) is 0 Å². The minimum atomic E-state index is -0.974. The molecule has 76 valence electrons. The molecule has 1 aromatic rings. The molecule has 0 amide bonds. The number of unbranched alkanes of at least 4 members (excludes halogenated alkanes) is 1. The molecule has 0 aliphatic carbocycles. The summed E-state index contributed by atoms with van der Waals surface area (Å²) in [5.74, 6) is 0. The Morgan fingerprint density at radius 3 is 2.50 bits per heavy atom. The summed E-state index contributed by atoms with van der Waals surface area (Å²) in [7, 11) is -0.974. The van der Waals surface area contributed by atoms with Crippen molar-refractivity contribution >= 4 is 10.8 Å². The summed E-state index contributed by atoms with van der Waals surface area (Å²) in [6.07, 6.45) is 4.08. The van der Waals surface area contributed by atoms with Crippen LogP contribution in [0, 0.1) is 6.92 Å². The Kier molecular flexibility index (Phi) is 4.60. The van der Waals surface area contributed by atoms with Crippen LogP contribution in [0.2, 0.25) is 0 Å². The van der Waals surface area contributed by atoms with Gasteiger partial charge in [0.05, 0.1) is 10.8 Å². The van der Waals surface area contributed by atoms with Crippen LogP contribution in [0.4, 0.5) is 0 Å². The monoisotopic (exact) mass is 208 g/mol. The lowest BCUT2D eigenvalue weighted by atomic mass is 10.2. The van der Waals surface area contributed by atoms with Crippen LogP contribution in [0.5, 0.6) is 0 Å². The molecular formula is C12H16OS. The smallest absolute Gasteiger partial charge is 0.0772 e. The molecule has 1 nitrogen and oxygen atoms in total. The van der Waals surface area contributed by atoms with E-state index >= 15 is 0 Å². The van der Waals surface area contributed by atoms with Gasteiger partial charge in [0.1, 0.15) is 0 Å². The Balaban J connectivity index is 2.65. The second-order valence-corrected chi connectivity index (χ2v) is 4.61. The Bertz CT molecular complexity index is 325. The molecule has 14 heavy (non-hydrogen) atoms. The number of benzene rings is 1. The lowest BCUT2D eigenvalue weighted by molar-refractivity contribution is 0.688. The molecule has 0 radical (unpaired) electrons. The molecule has 0 aliphatic heterocycles. The quantitative estimate of drug-likeness (QED) is 0.741. The molecule has 1 aromatic carbocycles. The predicted molar refractivity (Wildman–Crippen MR) is 61.6 cm³/mol. The van der Waals surface area contributed by atoms with Gasteiger partial charge in [0, 0.05) is 10.3 Å². The van der Waals surface area contributed by atoms with Crippen molar-refractivity contribution in [2.75, 3.05) is 0 Å². The molecule has 1 atom stereocenters. The largest absolute Gasteiger partial charge is 0.250 e. The van der Waals surface area contributed by atoms with Crippen LogP contribution in [0.25, 0.3) is 0 Å². The molecule has 0 heterocycles. The highest BCUT2D eigenvalue weighted by Crippen LogP contribution is 2.09. The van der Waals surface area contributed by atoms with E-state index in [4.69, 9.17) is 0 Å². The van der Waals surface area contributed by atoms with Gasteiger partial charge in [0.15, 0.2) is 0 Å². The van der Waals surface area contributed by atoms with E-state index in [1.807, 2.05) is 37.3 Å². The lowest BCUT2D eigenvalue weighted by Gasteiger charge is -1.97. The fourth-order valence-corrected chi connectivity index (χ4v) is 1.95.